The average Bonchev–Trinajstić information content (AvgIpc) is 1.99. The van der Waals surface area contributed by atoms with Crippen LogP contribution in [0.15, 0.2) is 0 Å². The van der Waals surface area contributed by atoms with Crippen molar-refractivity contribution < 1.29 is 0 Å². The topological polar surface area (TPSA) is 12.0 Å². The predicted octanol–water partition coefficient (Wildman–Crippen LogP) is 3.69. The summed E-state index contributed by atoms with van der Waals surface area (Å²) < 4.78 is 0. The van der Waals surface area contributed by atoms with Gasteiger partial charge in [0.05, 0.1) is 0 Å². The zero-order chi connectivity index (χ0) is 11.4. The highest BCUT2D eigenvalue weighted by Gasteiger charge is 2.30. The molecule has 0 saturated heterocycles. The molecule has 0 aliphatic rings. The Morgan fingerprint density at radius 1 is 1.07 bits per heavy atom. The molecule has 0 bridgehead atoms. The number of hydrogen-bond donors (Lipinski definition) is 1. The summed E-state index contributed by atoms with van der Waals surface area (Å²) in [6.07, 6.45) is 2.57. The molecule has 0 unspecified atom stereocenters. The molecule has 0 rings (SSSR count). The van der Waals surface area contributed by atoms with Crippen LogP contribution in [-0.2, 0) is 0 Å². The van der Waals surface area contributed by atoms with Crippen molar-refractivity contribution in [1.29, 1.82) is 0 Å². The maximum absolute atomic E-state index is 3.24. The molecule has 0 spiro atoms. The van der Waals surface area contributed by atoms with Crippen molar-refractivity contribution in [3.63, 3.8) is 0 Å². The minimum atomic E-state index is 0.455. The largest absolute Gasteiger partial charge is 0.320 e. The van der Waals surface area contributed by atoms with Gasteiger partial charge in [0, 0.05) is 0 Å². The van der Waals surface area contributed by atoms with Gasteiger partial charge in [-0.15, -0.1) is 0 Å². The van der Waals surface area contributed by atoms with Crippen molar-refractivity contribution in [2.45, 2.75) is 54.4 Å². The molecule has 86 valence electrons. The Morgan fingerprint density at radius 2 is 1.57 bits per heavy atom. The molecule has 0 aliphatic carbocycles. The smallest absolute Gasteiger partial charge is 0.00468 e. The van der Waals surface area contributed by atoms with E-state index in [1.165, 1.54) is 12.8 Å². The summed E-state index contributed by atoms with van der Waals surface area (Å²) in [6, 6.07) is 0. The second-order valence-electron chi connectivity index (χ2n) is 6.34. The van der Waals surface area contributed by atoms with E-state index in [-0.39, 0.29) is 0 Å². The lowest BCUT2D eigenvalue weighted by Crippen LogP contribution is -2.29. The van der Waals surface area contributed by atoms with Gasteiger partial charge in [-0.05, 0) is 43.2 Å². The average molecular weight is 199 g/mol. The van der Waals surface area contributed by atoms with Gasteiger partial charge in [-0.3, -0.25) is 0 Å². The summed E-state index contributed by atoms with van der Waals surface area (Å²) in [5, 5.41) is 3.24. The fraction of sp³-hybridized carbons (Fsp3) is 1.00. The van der Waals surface area contributed by atoms with Crippen LogP contribution < -0.4 is 5.32 Å². The molecule has 14 heavy (non-hydrogen) atoms. The SMILES string of the molecule is CNCCC(C)(C)CC(C)(C)C(C)C. The lowest BCUT2D eigenvalue weighted by Gasteiger charge is -2.38. The third kappa shape index (κ3) is 4.99. The second-order valence-corrected chi connectivity index (χ2v) is 6.34. The van der Waals surface area contributed by atoms with Crippen molar-refractivity contribution in [2.75, 3.05) is 13.6 Å². The normalized spacial score (nSPS) is 13.7. The molecule has 0 aromatic rings. The summed E-state index contributed by atoms with van der Waals surface area (Å²) >= 11 is 0. The van der Waals surface area contributed by atoms with Crippen LogP contribution in [0.1, 0.15) is 54.4 Å². The van der Waals surface area contributed by atoms with Crippen LogP contribution in [-0.4, -0.2) is 13.6 Å². The molecule has 0 amide bonds. The fourth-order valence-electron chi connectivity index (χ4n) is 1.99. The molecule has 1 nitrogen and oxygen atoms in total. The van der Waals surface area contributed by atoms with Gasteiger partial charge in [-0.2, -0.15) is 0 Å². The summed E-state index contributed by atoms with van der Waals surface area (Å²) in [6.45, 7) is 15.3. The van der Waals surface area contributed by atoms with E-state index in [9.17, 15) is 0 Å². The molecule has 0 radical (unpaired) electrons. The van der Waals surface area contributed by atoms with E-state index in [1.54, 1.807) is 0 Å². The molecule has 0 atom stereocenters. The van der Waals surface area contributed by atoms with Crippen LogP contribution in [0.25, 0.3) is 0 Å². The van der Waals surface area contributed by atoms with Crippen LogP contribution >= 0.6 is 0 Å². The molecule has 0 heterocycles. The zero-order valence-corrected chi connectivity index (χ0v) is 11.2. The van der Waals surface area contributed by atoms with E-state index in [4.69, 9.17) is 0 Å². The third-order valence-corrected chi connectivity index (χ3v) is 3.55. The van der Waals surface area contributed by atoms with E-state index in [2.05, 4.69) is 46.9 Å². The molecule has 0 aliphatic heterocycles. The zero-order valence-electron chi connectivity index (χ0n) is 11.2. The van der Waals surface area contributed by atoms with Crippen molar-refractivity contribution in [2.24, 2.45) is 16.7 Å². The fourth-order valence-corrected chi connectivity index (χ4v) is 1.99. The van der Waals surface area contributed by atoms with E-state index >= 15 is 0 Å². The molecule has 0 aromatic heterocycles. The van der Waals surface area contributed by atoms with Gasteiger partial charge in [0.25, 0.3) is 0 Å². The Balaban J connectivity index is 4.19. The Hall–Kier alpha value is -0.0400. The first kappa shape index (κ1) is 14.0. The third-order valence-electron chi connectivity index (χ3n) is 3.55. The van der Waals surface area contributed by atoms with Crippen LogP contribution in [0.4, 0.5) is 0 Å². The first-order chi connectivity index (χ1) is 6.21. The van der Waals surface area contributed by atoms with Crippen molar-refractivity contribution in [1.82, 2.24) is 5.32 Å². The van der Waals surface area contributed by atoms with Gasteiger partial charge in [0.15, 0.2) is 0 Å². The second kappa shape index (κ2) is 5.16. The first-order valence-electron chi connectivity index (χ1n) is 5.86. The van der Waals surface area contributed by atoms with Crippen molar-refractivity contribution in [3.05, 3.63) is 0 Å². The lowest BCUT2D eigenvalue weighted by molar-refractivity contribution is 0.132. The predicted molar refractivity (Wildman–Crippen MR) is 65.6 cm³/mol. The lowest BCUT2D eigenvalue weighted by atomic mass is 9.68. The van der Waals surface area contributed by atoms with Gasteiger partial charge in [0.2, 0.25) is 0 Å². The van der Waals surface area contributed by atoms with Gasteiger partial charge >= 0.3 is 0 Å². The van der Waals surface area contributed by atoms with Gasteiger partial charge < -0.3 is 5.32 Å². The minimum Gasteiger partial charge on any atom is -0.320 e. The summed E-state index contributed by atoms with van der Waals surface area (Å²) in [5.41, 5.74) is 0.911. The summed E-state index contributed by atoms with van der Waals surface area (Å²) in [7, 11) is 2.03. The summed E-state index contributed by atoms with van der Waals surface area (Å²) in [5.74, 6) is 0.761. The molecular weight excluding hydrogens is 170 g/mol. The van der Waals surface area contributed by atoms with Crippen LogP contribution in [0.2, 0.25) is 0 Å². The standard InChI is InChI=1S/C13H29N/c1-11(2)13(5,6)10-12(3,4)8-9-14-7/h11,14H,8-10H2,1-7H3. The molecule has 0 saturated carbocycles. The highest BCUT2D eigenvalue weighted by atomic mass is 14.8. The Morgan fingerprint density at radius 3 is 1.93 bits per heavy atom. The van der Waals surface area contributed by atoms with Crippen molar-refractivity contribution >= 4 is 0 Å². The quantitative estimate of drug-likeness (QED) is 0.688. The van der Waals surface area contributed by atoms with Crippen LogP contribution in [0.5, 0.6) is 0 Å². The van der Waals surface area contributed by atoms with E-state index < -0.39 is 0 Å². The maximum Gasteiger partial charge on any atom is -0.00468 e. The monoisotopic (exact) mass is 199 g/mol. The highest BCUT2D eigenvalue weighted by Crippen LogP contribution is 2.40. The Labute approximate surface area is 90.7 Å². The molecule has 1 heteroatoms. The number of nitrogens with one attached hydrogen (secondary N) is 1. The van der Waals surface area contributed by atoms with Gasteiger partial charge in [-0.25, -0.2) is 0 Å². The Bertz CT molecular complexity index is 157. The number of rotatable bonds is 6. The van der Waals surface area contributed by atoms with E-state index in [0.717, 1.165) is 12.5 Å². The van der Waals surface area contributed by atoms with Gasteiger partial charge in [0.1, 0.15) is 0 Å². The molecule has 1 N–H and O–H groups in total. The van der Waals surface area contributed by atoms with Gasteiger partial charge in [-0.1, -0.05) is 41.5 Å². The minimum absolute atomic E-state index is 0.455. The molecule has 0 aromatic carbocycles. The van der Waals surface area contributed by atoms with E-state index in [1.807, 2.05) is 7.05 Å². The van der Waals surface area contributed by atoms with Crippen molar-refractivity contribution in [3.8, 4) is 0 Å². The highest BCUT2D eigenvalue weighted by molar-refractivity contribution is 4.81. The summed E-state index contributed by atoms with van der Waals surface area (Å²) in [4.78, 5) is 0. The maximum atomic E-state index is 3.24. The van der Waals surface area contributed by atoms with Crippen LogP contribution in [0, 0.1) is 16.7 Å². The molecule has 0 fully saturated rings. The van der Waals surface area contributed by atoms with Crippen LogP contribution in [0.3, 0.4) is 0 Å². The Kier molecular flexibility index (Phi) is 5.14. The van der Waals surface area contributed by atoms with E-state index in [0.29, 0.717) is 10.8 Å². The first-order valence-corrected chi connectivity index (χ1v) is 5.86. The molecular formula is C13H29N. The number of hydrogen-bond acceptors (Lipinski definition) is 1.